The van der Waals surface area contributed by atoms with E-state index in [4.69, 9.17) is 15.6 Å². The number of hydrogen-bond donors (Lipinski definition) is 2. The van der Waals surface area contributed by atoms with Gasteiger partial charge in [-0.2, -0.15) is 0 Å². The molecule has 1 aliphatic heterocycles. The summed E-state index contributed by atoms with van der Waals surface area (Å²) < 4.78 is 5.62. The molecule has 0 aromatic carbocycles. The van der Waals surface area contributed by atoms with E-state index in [0.717, 1.165) is 19.1 Å². The van der Waals surface area contributed by atoms with Gasteiger partial charge in [-0.25, -0.2) is 10.8 Å². The number of morpholine rings is 1. The lowest BCUT2D eigenvalue weighted by atomic mass is 10.2. The second-order valence-electron chi connectivity index (χ2n) is 5.18. The predicted octanol–water partition coefficient (Wildman–Crippen LogP) is 0.858. The molecule has 0 bridgehead atoms. The maximum absolute atomic E-state index is 5.63. The van der Waals surface area contributed by atoms with E-state index in [9.17, 15) is 0 Å². The van der Waals surface area contributed by atoms with Crippen LogP contribution in [-0.2, 0) is 4.74 Å². The van der Waals surface area contributed by atoms with Gasteiger partial charge < -0.3 is 9.64 Å². The van der Waals surface area contributed by atoms with Crippen molar-refractivity contribution in [3.8, 4) is 0 Å². The molecule has 2 atom stereocenters. The van der Waals surface area contributed by atoms with Crippen LogP contribution in [0.2, 0.25) is 0 Å². The molecular formula is C12H24N4O. The van der Waals surface area contributed by atoms with Crippen LogP contribution in [0, 0.1) is 0 Å². The zero-order valence-electron chi connectivity index (χ0n) is 10.9. The number of aliphatic imine (C=N–C) groups is 1. The summed E-state index contributed by atoms with van der Waals surface area (Å²) in [4.78, 5) is 6.98. The topological polar surface area (TPSA) is 62.9 Å². The predicted molar refractivity (Wildman–Crippen MR) is 68.6 cm³/mol. The molecule has 2 fully saturated rings. The van der Waals surface area contributed by atoms with Crippen LogP contribution in [0.4, 0.5) is 0 Å². The van der Waals surface area contributed by atoms with Crippen molar-refractivity contribution >= 4 is 5.96 Å². The smallest absolute Gasteiger partial charge is 0.209 e. The lowest BCUT2D eigenvalue weighted by molar-refractivity contribution is -0.0237. The molecule has 2 rings (SSSR count). The van der Waals surface area contributed by atoms with Crippen molar-refractivity contribution in [1.82, 2.24) is 10.3 Å². The summed E-state index contributed by atoms with van der Waals surface area (Å²) in [5.74, 6) is 6.46. The Kier molecular flexibility index (Phi) is 4.23. The second-order valence-corrected chi connectivity index (χ2v) is 5.18. The maximum Gasteiger partial charge on any atom is 0.209 e. The van der Waals surface area contributed by atoms with Gasteiger partial charge in [0.05, 0.1) is 24.8 Å². The van der Waals surface area contributed by atoms with E-state index in [2.05, 4.69) is 24.2 Å². The van der Waals surface area contributed by atoms with E-state index in [-0.39, 0.29) is 6.10 Å². The van der Waals surface area contributed by atoms with Gasteiger partial charge in [0, 0.05) is 6.54 Å². The van der Waals surface area contributed by atoms with Crippen LogP contribution in [0.25, 0.3) is 0 Å². The van der Waals surface area contributed by atoms with Gasteiger partial charge in [0.25, 0.3) is 0 Å². The van der Waals surface area contributed by atoms with Crippen molar-refractivity contribution in [3.05, 3.63) is 0 Å². The van der Waals surface area contributed by atoms with Crippen LogP contribution in [0.3, 0.4) is 0 Å². The summed E-state index contributed by atoms with van der Waals surface area (Å²) in [7, 11) is 0. The van der Waals surface area contributed by atoms with E-state index >= 15 is 0 Å². The van der Waals surface area contributed by atoms with Crippen molar-refractivity contribution in [3.63, 3.8) is 0 Å². The number of nitrogens with two attached hydrogens (primary N) is 1. The van der Waals surface area contributed by atoms with Gasteiger partial charge in [-0.1, -0.05) is 12.8 Å². The van der Waals surface area contributed by atoms with Crippen molar-refractivity contribution < 1.29 is 4.74 Å². The highest BCUT2D eigenvalue weighted by Crippen LogP contribution is 2.21. The lowest BCUT2D eigenvalue weighted by Gasteiger charge is -2.38. The molecule has 0 spiro atoms. The summed E-state index contributed by atoms with van der Waals surface area (Å²) in [5.41, 5.74) is 2.77. The molecule has 98 valence electrons. The van der Waals surface area contributed by atoms with E-state index in [1.807, 2.05) is 0 Å². The Morgan fingerprint density at radius 1 is 1.35 bits per heavy atom. The highest BCUT2D eigenvalue weighted by molar-refractivity contribution is 5.80. The zero-order valence-corrected chi connectivity index (χ0v) is 10.9. The quantitative estimate of drug-likeness (QED) is 0.309. The van der Waals surface area contributed by atoms with Crippen LogP contribution in [0.1, 0.15) is 39.5 Å². The zero-order chi connectivity index (χ0) is 12.3. The number of nitrogens with zero attached hydrogens (tertiary/aromatic N) is 2. The van der Waals surface area contributed by atoms with Crippen molar-refractivity contribution in [2.75, 3.05) is 13.2 Å². The first-order valence-electron chi connectivity index (χ1n) is 6.63. The Hall–Kier alpha value is -0.810. The molecule has 0 aromatic heterocycles. The fraction of sp³-hybridized carbons (Fsp3) is 0.917. The normalized spacial score (nSPS) is 31.9. The van der Waals surface area contributed by atoms with Gasteiger partial charge >= 0.3 is 0 Å². The van der Waals surface area contributed by atoms with Crippen LogP contribution < -0.4 is 11.3 Å². The van der Waals surface area contributed by atoms with Gasteiger partial charge in [-0.3, -0.25) is 5.43 Å². The van der Waals surface area contributed by atoms with E-state index in [0.29, 0.717) is 12.1 Å². The summed E-state index contributed by atoms with van der Waals surface area (Å²) in [6.45, 7) is 5.83. The summed E-state index contributed by atoms with van der Waals surface area (Å²) in [6.07, 6.45) is 5.22. The van der Waals surface area contributed by atoms with Crippen LogP contribution in [0.15, 0.2) is 4.99 Å². The monoisotopic (exact) mass is 240 g/mol. The standard InChI is InChI=1S/C12H24N4O/c1-9-8-17-10(2)7-16(9)12(15-13)14-11-5-3-4-6-11/h9-11H,3-8,13H2,1-2H3,(H,14,15). The van der Waals surface area contributed by atoms with E-state index in [1.54, 1.807) is 0 Å². The minimum atomic E-state index is 0.244. The molecule has 0 aromatic rings. The van der Waals surface area contributed by atoms with E-state index < -0.39 is 0 Å². The number of guanidine groups is 1. The summed E-state index contributed by atoms with van der Waals surface area (Å²) in [6, 6.07) is 0.786. The minimum Gasteiger partial charge on any atom is -0.375 e. The lowest BCUT2D eigenvalue weighted by Crippen LogP contribution is -2.56. The third-order valence-electron chi connectivity index (χ3n) is 3.64. The molecule has 2 unspecified atom stereocenters. The Morgan fingerprint density at radius 3 is 2.71 bits per heavy atom. The first-order chi connectivity index (χ1) is 8.20. The van der Waals surface area contributed by atoms with Gasteiger partial charge in [0.1, 0.15) is 0 Å². The van der Waals surface area contributed by atoms with Gasteiger partial charge in [-0.15, -0.1) is 0 Å². The molecule has 5 heteroatoms. The van der Waals surface area contributed by atoms with Gasteiger partial charge in [-0.05, 0) is 26.7 Å². The molecule has 1 saturated carbocycles. The van der Waals surface area contributed by atoms with Crippen molar-refractivity contribution in [2.24, 2.45) is 10.8 Å². The molecule has 5 nitrogen and oxygen atoms in total. The van der Waals surface area contributed by atoms with Crippen LogP contribution >= 0.6 is 0 Å². The first kappa shape index (κ1) is 12.6. The Labute approximate surface area is 103 Å². The third-order valence-corrected chi connectivity index (χ3v) is 3.64. The Bertz CT molecular complexity index is 276. The molecule has 2 aliphatic rings. The number of ether oxygens (including phenoxy) is 1. The third kappa shape index (κ3) is 3.10. The van der Waals surface area contributed by atoms with E-state index in [1.165, 1.54) is 25.7 Å². The summed E-state index contributed by atoms with van der Waals surface area (Å²) in [5, 5.41) is 0. The molecule has 17 heavy (non-hydrogen) atoms. The Morgan fingerprint density at radius 2 is 2.06 bits per heavy atom. The highest BCUT2D eigenvalue weighted by atomic mass is 16.5. The fourth-order valence-electron chi connectivity index (χ4n) is 2.60. The highest BCUT2D eigenvalue weighted by Gasteiger charge is 2.27. The molecule has 1 heterocycles. The van der Waals surface area contributed by atoms with Crippen LogP contribution in [0.5, 0.6) is 0 Å². The number of rotatable bonds is 1. The first-order valence-corrected chi connectivity index (χ1v) is 6.63. The van der Waals surface area contributed by atoms with Gasteiger partial charge in [0.15, 0.2) is 0 Å². The summed E-state index contributed by atoms with van der Waals surface area (Å²) >= 11 is 0. The Balaban J connectivity index is 2.04. The number of hydrazine groups is 1. The average Bonchev–Trinajstić information content (AvgIpc) is 2.82. The average molecular weight is 240 g/mol. The van der Waals surface area contributed by atoms with Crippen LogP contribution in [-0.4, -0.2) is 42.2 Å². The second kappa shape index (κ2) is 5.69. The molecule has 0 radical (unpaired) electrons. The van der Waals surface area contributed by atoms with Crippen molar-refractivity contribution in [1.29, 1.82) is 0 Å². The molecular weight excluding hydrogens is 216 g/mol. The van der Waals surface area contributed by atoms with Crippen molar-refractivity contribution in [2.45, 2.75) is 57.7 Å². The SMILES string of the molecule is CC1CN(C(=NC2CCCC2)NN)C(C)CO1. The minimum absolute atomic E-state index is 0.244. The number of nitrogens with one attached hydrogen (secondary N) is 1. The molecule has 0 amide bonds. The molecule has 1 saturated heterocycles. The van der Waals surface area contributed by atoms with Gasteiger partial charge in [0.2, 0.25) is 5.96 Å². The molecule has 3 N–H and O–H groups in total. The maximum atomic E-state index is 5.63. The fourth-order valence-corrected chi connectivity index (χ4v) is 2.60. The number of hydrogen-bond acceptors (Lipinski definition) is 3. The molecule has 1 aliphatic carbocycles. The largest absolute Gasteiger partial charge is 0.375 e.